The first-order valence-electron chi connectivity index (χ1n) is 14.0. The molecule has 46 heavy (non-hydrogen) atoms. The molecular weight excluding hydrogens is 616 g/mol. The van der Waals surface area contributed by atoms with Gasteiger partial charge >= 0.3 is 0 Å². The maximum Gasteiger partial charge on any atom is 0.255 e. The third kappa shape index (κ3) is 4.54. The Bertz CT molecular complexity index is 2490. The molecule has 0 fully saturated rings. The van der Waals surface area contributed by atoms with Gasteiger partial charge in [-0.1, -0.05) is 6.07 Å². The van der Waals surface area contributed by atoms with Gasteiger partial charge in [0, 0.05) is 42.1 Å². The Hall–Kier alpha value is -5.40. The number of pyridine rings is 1. The van der Waals surface area contributed by atoms with Gasteiger partial charge in [0.1, 0.15) is 40.9 Å². The third-order valence-corrected chi connectivity index (χ3v) is 9.23. The Kier molecular flexibility index (Phi) is 6.76. The molecule has 1 amide bonds. The normalized spacial score (nSPS) is 12.0. The first-order valence-corrected chi connectivity index (χ1v) is 15.9. The van der Waals surface area contributed by atoms with Crippen molar-refractivity contribution in [2.24, 2.45) is 0 Å². The summed E-state index contributed by atoms with van der Waals surface area (Å²) in [5.41, 5.74) is 3.53. The van der Waals surface area contributed by atoms with Crippen LogP contribution in [-0.4, -0.2) is 54.2 Å². The van der Waals surface area contributed by atoms with Crippen molar-refractivity contribution in [1.29, 1.82) is 0 Å². The lowest BCUT2D eigenvalue weighted by Gasteiger charge is -2.20. The molecule has 0 bridgehead atoms. The van der Waals surface area contributed by atoms with E-state index in [0.29, 0.717) is 55.5 Å². The monoisotopic (exact) mass is 641 g/mol. The van der Waals surface area contributed by atoms with Gasteiger partial charge in [-0.25, -0.2) is 27.2 Å². The second-order valence-electron chi connectivity index (χ2n) is 10.8. The fourth-order valence-electron chi connectivity index (χ4n) is 5.75. The van der Waals surface area contributed by atoms with Crippen molar-refractivity contribution in [3.63, 3.8) is 0 Å². The molecule has 0 saturated heterocycles. The van der Waals surface area contributed by atoms with Crippen LogP contribution in [0.15, 0.2) is 77.2 Å². The van der Waals surface area contributed by atoms with Crippen LogP contribution >= 0.6 is 0 Å². The van der Waals surface area contributed by atoms with Gasteiger partial charge in [-0.05, 0) is 60.7 Å². The number of rotatable bonds is 6. The van der Waals surface area contributed by atoms with Crippen molar-refractivity contribution < 1.29 is 31.5 Å². The van der Waals surface area contributed by atoms with Crippen LogP contribution in [0.1, 0.15) is 16.2 Å². The fraction of sp³-hybridized carbons (Fsp3) is 0.121. The number of amides is 1. The zero-order valence-electron chi connectivity index (χ0n) is 24.7. The SMILES string of the molecule is CNC(=O)c1c(-c2ccc(F)cc2)oc2cc(N(C)S(C)(=O)=O)c(-c3ccc4nc(CO)n5c6cccc(F)c6cc5c4n3)cc12. The molecule has 0 atom stereocenters. The summed E-state index contributed by atoms with van der Waals surface area (Å²) >= 11 is 0. The Labute approximate surface area is 260 Å². The van der Waals surface area contributed by atoms with E-state index in [0.717, 1.165) is 10.6 Å². The minimum absolute atomic E-state index is 0.171. The largest absolute Gasteiger partial charge is 0.455 e. The van der Waals surface area contributed by atoms with Crippen LogP contribution in [0.3, 0.4) is 0 Å². The average Bonchev–Trinajstić information content (AvgIpc) is 3.63. The van der Waals surface area contributed by atoms with E-state index in [1.807, 2.05) is 0 Å². The topological polar surface area (TPSA) is 130 Å². The number of nitrogens with zero attached hydrogens (tertiary/aromatic N) is 4. The molecule has 4 heterocycles. The van der Waals surface area contributed by atoms with E-state index in [2.05, 4.69) is 10.3 Å². The van der Waals surface area contributed by atoms with Gasteiger partial charge in [0.15, 0.2) is 0 Å². The minimum Gasteiger partial charge on any atom is -0.455 e. The summed E-state index contributed by atoms with van der Waals surface area (Å²) in [7, 11) is -0.930. The van der Waals surface area contributed by atoms with Crippen molar-refractivity contribution in [3.8, 4) is 22.6 Å². The molecule has 232 valence electrons. The molecule has 3 aromatic carbocycles. The summed E-state index contributed by atoms with van der Waals surface area (Å²) in [5.74, 6) is -0.912. The van der Waals surface area contributed by atoms with E-state index >= 15 is 0 Å². The Morgan fingerprint density at radius 2 is 1.76 bits per heavy atom. The van der Waals surface area contributed by atoms with Gasteiger partial charge in [0.2, 0.25) is 10.0 Å². The number of aliphatic hydroxyl groups is 1. The number of aliphatic hydroxyl groups excluding tert-OH is 1. The van der Waals surface area contributed by atoms with Gasteiger partial charge < -0.3 is 14.8 Å². The molecule has 13 heteroatoms. The third-order valence-electron chi connectivity index (χ3n) is 8.04. The molecule has 0 unspecified atom stereocenters. The van der Waals surface area contributed by atoms with Crippen molar-refractivity contribution in [3.05, 3.63) is 95.8 Å². The van der Waals surface area contributed by atoms with Crippen LogP contribution in [0.2, 0.25) is 0 Å². The molecular formula is C33H25F2N5O5S. The van der Waals surface area contributed by atoms with E-state index < -0.39 is 34.2 Å². The number of benzene rings is 3. The molecule has 7 aromatic rings. The van der Waals surface area contributed by atoms with Crippen LogP contribution in [0.4, 0.5) is 14.5 Å². The second-order valence-corrected chi connectivity index (χ2v) is 12.8. The molecule has 7 rings (SSSR count). The smallest absolute Gasteiger partial charge is 0.255 e. The summed E-state index contributed by atoms with van der Waals surface area (Å²) < 4.78 is 63.1. The summed E-state index contributed by atoms with van der Waals surface area (Å²) in [6.45, 7) is -0.409. The van der Waals surface area contributed by atoms with Crippen molar-refractivity contribution in [1.82, 2.24) is 19.7 Å². The van der Waals surface area contributed by atoms with E-state index in [-0.39, 0.29) is 22.6 Å². The number of fused-ring (bicyclic) bond motifs is 6. The van der Waals surface area contributed by atoms with E-state index in [1.54, 1.807) is 40.8 Å². The minimum atomic E-state index is -3.79. The maximum absolute atomic E-state index is 14.8. The Balaban J connectivity index is 1.56. The number of carbonyl (C=O) groups excluding carboxylic acids is 1. The summed E-state index contributed by atoms with van der Waals surface area (Å²) in [6.07, 6.45) is 1.06. The lowest BCUT2D eigenvalue weighted by atomic mass is 10.0. The van der Waals surface area contributed by atoms with E-state index in [9.17, 15) is 27.1 Å². The Morgan fingerprint density at radius 3 is 2.46 bits per heavy atom. The zero-order valence-corrected chi connectivity index (χ0v) is 25.5. The van der Waals surface area contributed by atoms with Crippen LogP contribution < -0.4 is 9.62 Å². The average molecular weight is 642 g/mol. The van der Waals surface area contributed by atoms with E-state index in [4.69, 9.17) is 9.40 Å². The number of carbonyl (C=O) groups is 1. The molecule has 0 spiro atoms. The number of halogens is 2. The number of anilines is 1. The highest BCUT2D eigenvalue weighted by Gasteiger charge is 2.27. The molecule has 0 aliphatic carbocycles. The van der Waals surface area contributed by atoms with Crippen LogP contribution in [-0.2, 0) is 16.6 Å². The second kappa shape index (κ2) is 10.6. The molecule has 0 radical (unpaired) electrons. The highest BCUT2D eigenvalue weighted by molar-refractivity contribution is 7.92. The first-order chi connectivity index (χ1) is 22.0. The maximum atomic E-state index is 14.8. The molecule has 0 saturated carbocycles. The Morgan fingerprint density at radius 1 is 1.00 bits per heavy atom. The van der Waals surface area contributed by atoms with Crippen molar-refractivity contribution in [2.45, 2.75) is 6.61 Å². The van der Waals surface area contributed by atoms with Crippen molar-refractivity contribution >= 4 is 60.0 Å². The molecule has 4 aromatic heterocycles. The van der Waals surface area contributed by atoms with E-state index in [1.165, 1.54) is 50.5 Å². The lowest BCUT2D eigenvalue weighted by molar-refractivity contribution is 0.0964. The van der Waals surface area contributed by atoms with Gasteiger partial charge in [-0.15, -0.1) is 0 Å². The van der Waals surface area contributed by atoms with Crippen LogP contribution in [0.25, 0.3) is 61.0 Å². The summed E-state index contributed by atoms with van der Waals surface area (Å²) in [5, 5.41) is 13.4. The first kappa shape index (κ1) is 29.3. The molecule has 10 nitrogen and oxygen atoms in total. The molecule has 0 aliphatic heterocycles. The van der Waals surface area contributed by atoms with Gasteiger partial charge in [0.25, 0.3) is 5.91 Å². The highest BCUT2D eigenvalue weighted by atomic mass is 32.2. The molecule has 2 N–H and O–H groups in total. The zero-order chi connectivity index (χ0) is 32.5. The van der Waals surface area contributed by atoms with Gasteiger partial charge in [0.05, 0.1) is 39.8 Å². The lowest BCUT2D eigenvalue weighted by Crippen LogP contribution is -2.25. The summed E-state index contributed by atoms with van der Waals surface area (Å²) in [6, 6.07) is 18.2. The number of sulfonamides is 1. The number of hydrogen-bond acceptors (Lipinski definition) is 7. The predicted octanol–water partition coefficient (Wildman–Crippen LogP) is 5.64. The molecule has 0 aliphatic rings. The van der Waals surface area contributed by atoms with Crippen LogP contribution in [0.5, 0.6) is 0 Å². The predicted molar refractivity (Wildman–Crippen MR) is 171 cm³/mol. The number of aromatic nitrogens is 3. The van der Waals surface area contributed by atoms with Crippen molar-refractivity contribution in [2.75, 3.05) is 24.7 Å². The number of hydrogen-bond donors (Lipinski definition) is 2. The highest BCUT2D eigenvalue weighted by Crippen LogP contribution is 2.41. The number of nitrogens with one attached hydrogen (secondary N) is 1. The van der Waals surface area contributed by atoms with Crippen LogP contribution in [0, 0.1) is 11.6 Å². The number of furan rings is 1. The van der Waals surface area contributed by atoms with Gasteiger partial charge in [-0.2, -0.15) is 0 Å². The standard InChI is InChI=1S/C33H25F2N5O5S/c1-36-33(42)30-21-13-20(26(39(2)46(3,43)44)15-28(21)45-32(30)17-7-9-18(34)10-8-17)23-11-12-24-31(38-23)27-14-19-22(35)5-4-6-25(19)40(27)29(16-41)37-24/h4-15,41H,16H2,1-3H3,(H,36,42). The fourth-order valence-corrected chi connectivity index (χ4v) is 6.26. The summed E-state index contributed by atoms with van der Waals surface area (Å²) in [4.78, 5) is 22.7. The van der Waals surface area contributed by atoms with Gasteiger partial charge in [-0.3, -0.25) is 13.5 Å². The quantitative estimate of drug-likeness (QED) is 0.240.